The molecule has 0 aliphatic heterocycles. The van der Waals surface area contributed by atoms with E-state index in [0.717, 1.165) is 12.3 Å². The topological polar surface area (TPSA) is 24.9 Å². The van der Waals surface area contributed by atoms with Crippen molar-refractivity contribution >= 4 is 5.69 Å². The van der Waals surface area contributed by atoms with Crippen LogP contribution in [0.3, 0.4) is 0 Å². The number of rotatable bonds is 2. The van der Waals surface area contributed by atoms with E-state index in [0.29, 0.717) is 5.56 Å². The maximum Gasteiger partial charge on any atom is 0.433 e. The Hall–Kier alpha value is -2.55. The number of nitrogens with one attached hydrogen (secondary N) is 1. The van der Waals surface area contributed by atoms with Crippen LogP contribution in [0, 0.1) is 17.7 Å². The number of alkyl halides is 3. The van der Waals surface area contributed by atoms with Gasteiger partial charge in [0, 0.05) is 17.4 Å². The Kier molecular flexibility index (Phi) is 4.43. The second-order valence-electron chi connectivity index (χ2n) is 4.09. The largest absolute Gasteiger partial charge is 0.433 e. The van der Waals surface area contributed by atoms with Gasteiger partial charge in [-0.15, -0.1) is 0 Å². The van der Waals surface area contributed by atoms with Crippen molar-refractivity contribution in [3.63, 3.8) is 0 Å². The van der Waals surface area contributed by atoms with E-state index in [9.17, 15) is 17.6 Å². The Morgan fingerprint density at radius 3 is 2.48 bits per heavy atom. The average molecular weight is 294 g/mol. The maximum absolute atomic E-state index is 12.7. The number of hydrogen-bond acceptors (Lipinski definition) is 2. The second-order valence-corrected chi connectivity index (χ2v) is 4.09. The first kappa shape index (κ1) is 14.9. The number of nitrogens with zero attached hydrogens (tertiary/aromatic N) is 1. The van der Waals surface area contributed by atoms with E-state index in [2.05, 4.69) is 22.1 Å². The van der Waals surface area contributed by atoms with E-state index >= 15 is 0 Å². The van der Waals surface area contributed by atoms with Gasteiger partial charge in [-0.1, -0.05) is 11.8 Å². The van der Waals surface area contributed by atoms with Crippen LogP contribution in [0.15, 0.2) is 42.6 Å². The highest BCUT2D eigenvalue weighted by Gasteiger charge is 2.32. The fourth-order valence-electron chi connectivity index (χ4n) is 1.52. The van der Waals surface area contributed by atoms with Gasteiger partial charge in [0.25, 0.3) is 0 Å². The SMILES string of the molecule is Fc1ccc(C#CCNc2ccnc(C(F)(F)F)c2)cc1. The van der Waals surface area contributed by atoms with Crippen LogP contribution in [0.2, 0.25) is 0 Å². The van der Waals surface area contributed by atoms with Crippen molar-refractivity contribution in [2.75, 3.05) is 11.9 Å². The van der Waals surface area contributed by atoms with Crippen LogP contribution in [-0.4, -0.2) is 11.5 Å². The molecule has 0 bridgehead atoms. The van der Waals surface area contributed by atoms with Crippen molar-refractivity contribution in [1.29, 1.82) is 0 Å². The third-order valence-electron chi connectivity index (χ3n) is 2.51. The quantitative estimate of drug-likeness (QED) is 0.675. The molecule has 2 rings (SSSR count). The molecule has 0 spiro atoms. The van der Waals surface area contributed by atoms with Gasteiger partial charge >= 0.3 is 6.18 Å². The molecule has 0 aliphatic carbocycles. The van der Waals surface area contributed by atoms with Crippen molar-refractivity contribution in [2.45, 2.75) is 6.18 Å². The first-order valence-corrected chi connectivity index (χ1v) is 5.97. The van der Waals surface area contributed by atoms with Crippen molar-refractivity contribution in [2.24, 2.45) is 0 Å². The number of pyridine rings is 1. The van der Waals surface area contributed by atoms with Gasteiger partial charge in [0.2, 0.25) is 0 Å². The highest BCUT2D eigenvalue weighted by atomic mass is 19.4. The average Bonchev–Trinajstić information content (AvgIpc) is 2.45. The molecule has 1 aromatic carbocycles. The Labute approximate surface area is 118 Å². The zero-order chi connectivity index (χ0) is 15.3. The molecular formula is C15H10F4N2. The Morgan fingerprint density at radius 2 is 1.81 bits per heavy atom. The Balaban J connectivity index is 1.97. The first-order valence-electron chi connectivity index (χ1n) is 5.97. The summed E-state index contributed by atoms with van der Waals surface area (Å²) in [6, 6.07) is 7.97. The standard InChI is InChI=1S/C15H10F4N2/c16-12-5-3-11(4-6-12)2-1-8-20-13-7-9-21-14(10-13)15(17,18)19/h3-7,9-10H,8H2,(H,20,21). The molecule has 1 heterocycles. The van der Waals surface area contributed by atoms with Gasteiger partial charge in [-0.05, 0) is 36.4 Å². The summed E-state index contributed by atoms with van der Waals surface area (Å²) in [6.45, 7) is 0.165. The van der Waals surface area contributed by atoms with Gasteiger partial charge in [0.05, 0.1) is 6.54 Å². The molecule has 0 saturated carbocycles. The number of anilines is 1. The molecule has 2 nitrogen and oxygen atoms in total. The number of halogens is 4. The van der Waals surface area contributed by atoms with Crippen molar-refractivity contribution in [3.05, 3.63) is 59.7 Å². The van der Waals surface area contributed by atoms with Crippen LogP contribution in [0.4, 0.5) is 23.2 Å². The summed E-state index contributed by atoms with van der Waals surface area (Å²) in [5, 5.41) is 2.75. The highest BCUT2D eigenvalue weighted by molar-refractivity contribution is 5.45. The van der Waals surface area contributed by atoms with E-state index in [4.69, 9.17) is 0 Å². The molecule has 0 saturated heterocycles. The van der Waals surface area contributed by atoms with E-state index < -0.39 is 11.9 Å². The van der Waals surface area contributed by atoms with Crippen LogP contribution < -0.4 is 5.32 Å². The molecule has 0 amide bonds. The number of aromatic nitrogens is 1. The first-order chi connectivity index (χ1) is 9.95. The van der Waals surface area contributed by atoms with E-state index in [1.165, 1.54) is 30.3 Å². The monoisotopic (exact) mass is 294 g/mol. The summed E-state index contributed by atoms with van der Waals surface area (Å²) in [5.41, 5.74) is -0.0476. The van der Waals surface area contributed by atoms with Gasteiger partial charge in [-0.3, -0.25) is 4.98 Å². The summed E-state index contributed by atoms with van der Waals surface area (Å²) < 4.78 is 50.1. The Bertz CT molecular complexity index is 667. The third-order valence-corrected chi connectivity index (χ3v) is 2.51. The summed E-state index contributed by atoms with van der Waals surface area (Å²) >= 11 is 0. The molecule has 0 aliphatic rings. The molecule has 0 unspecified atom stereocenters. The lowest BCUT2D eigenvalue weighted by atomic mass is 10.2. The predicted octanol–water partition coefficient (Wildman–Crippen LogP) is 3.70. The van der Waals surface area contributed by atoms with Gasteiger partial charge in [-0.25, -0.2) is 4.39 Å². The zero-order valence-corrected chi connectivity index (χ0v) is 10.7. The third kappa shape index (κ3) is 4.49. The predicted molar refractivity (Wildman–Crippen MR) is 71.0 cm³/mol. The van der Waals surface area contributed by atoms with Crippen molar-refractivity contribution in [3.8, 4) is 11.8 Å². The van der Waals surface area contributed by atoms with E-state index in [1.807, 2.05) is 0 Å². The second kappa shape index (κ2) is 6.27. The maximum atomic E-state index is 12.7. The smallest absolute Gasteiger partial charge is 0.374 e. The summed E-state index contributed by atoms with van der Waals surface area (Å²) in [6.07, 6.45) is -3.39. The fourth-order valence-corrected chi connectivity index (χ4v) is 1.52. The molecule has 1 N–H and O–H groups in total. The van der Waals surface area contributed by atoms with E-state index in [-0.39, 0.29) is 18.0 Å². The van der Waals surface area contributed by atoms with Crippen LogP contribution >= 0.6 is 0 Å². The lowest BCUT2D eigenvalue weighted by molar-refractivity contribution is -0.141. The fraction of sp³-hybridized carbons (Fsp3) is 0.133. The molecule has 108 valence electrons. The summed E-state index contributed by atoms with van der Waals surface area (Å²) in [5.74, 6) is 5.16. The molecule has 0 fully saturated rings. The summed E-state index contributed by atoms with van der Waals surface area (Å²) in [7, 11) is 0. The number of hydrogen-bond donors (Lipinski definition) is 1. The minimum Gasteiger partial charge on any atom is -0.374 e. The van der Waals surface area contributed by atoms with Gasteiger partial charge in [-0.2, -0.15) is 13.2 Å². The van der Waals surface area contributed by atoms with Crippen LogP contribution in [-0.2, 0) is 6.18 Å². The molecular weight excluding hydrogens is 284 g/mol. The lowest BCUT2D eigenvalue weighted by Crippen LogP contribution is -2.09. The summed E-state index contributed by atoms with van der Waals surface area (Å²) in [4.78, 5) is 3.26. The minimum absolute atomic E-state index is 0.165. The van der Waals surface area contributed by atoms with Crippen molar-refractivity contribution in [1.82, 2.24) is 4.98 Å². The lowest BCUT2D eigenvalue weighted by Gasteiger charge is -2.07. The molecule has 21 heavy (non-hydrogen) atoms. The molecule has 1 aromatic heterocycles. The van der Waals surface area contributed by atoms with Gasteiger partial charge in [0.15, 0.2) is 0 Å². The van der Waals surface area contributed by atoms with E-state index in [1.54, 1.807) is 0 Å². The molecule has 6 heteroatoms. The van der Waals surface area contributed by atoms with Gasteiger partial charge < -0.3 is 5.32 Å². The highest BCUT2D eigenvalue weighted by Crippen LogP contribution is 2.28. The van der Waals surface area contributed by atoms with Gasteiger partial charge in [0.1, 0.15) is 11.5 Å². The minimum atomic E-state index is -4.47. The van der Waals surface area contributed by atoms with Crippen molar-refractivity contribution < 1.29 is 17.6 Å². The zero-order valence-electron chi connectivity index (χ0n) is 10.7. The normalized spacial score (nSPS) is 10.7. The molecule has 2 aromatic rings. The number of benzene rings is 1. The molecule has 0 radical (unpaired) electrons. The Morgan fingerprint density at radius 1 is 1.10 bits per heavy atom. The van der Waals surface area contributed by atoms with Crippen LogP contribution in [0.25, 0.3) is 0 Å². The van der Waals surface area contributed by atoms with Crippen LogP contribution in [0.1, 0.15) is 11.3 Å². The molecule has 0 atom stereocenters. The van der Waals surface area contributed by atoms with Crippen LogP contribution in [0.5, 0.6) is 0 Å².